The van der Waals surface area contributed by atoms with Gasteiger partial charge < -0.3 is 5.43 Å². The molecule has 128 valence electrons. The molecule has 1 N–H and O–H groups in total. The predicted molar refractivity (Wildman–Crippen MR) is 99.4 cm³/mol. The van der Waals surface area contributed by atoms with E-state index in [0.717, 1.165) is 0 Å². The van der Waals surface area contributed by atoms with Gasteiger partial charge in [0.1, 0.15) is 0 Å². The van der Waals surface area contributed by atoms with Crippen LogP contribution in [0, 0.1) is 5.92 Å². The fraction of sp³-hybridized carbons (Fsp3) is 0.227. The zero-order valence-electron chi connectivity index (χ0n) is 14.2. The van der Waals surface area contributed by atoms with Crippen molar-refractivity contribution in [2.24, 2.45) is 11.0 Å². The van der Waals surface area contributed by atoms with Crippen molar-refractivity contribution in [1.29, 1.82) is 0 Å². The van der Waals surface area contributed by atoms with Crippen molar-refractivity contribution in [3.8, 4) is 0 Å². The second-order valence-electron chi connectivity index (χ2n) is 6.61. The molecule has 0 saturated heterocycles. The van der Waals surface area contributed by atoms with Crippen LogP contribution >= 0.6 is 0 Å². The largest absolute Gasteiger partial charge is 2.00 e. The van der Waals surface area contributed by atoms with Crippen LogP contribution in [0.5, 0.6) is 0 Å². The molecule has 3 atom stereocenters. The number of hydrogen-bond donors (Lipinski definition) is 1. The van der Waals surface area contributed by atoms with Crippen LogP contribution in [0.1, 0.15) is 42.0 Å². The number of hydrogen-bond acceptors (Lipinski definition) is 2. The van der Waals surface area contributed by atoms with Crippen molar-refractivity contribution < 1.29 is 17.1 Å². The molecular weight excluding hydrogens is 348 g/mol. The van der Waals surface area contributed by atoms with Crippen LogP contribution in [0.4, 0.5) is 0 Å². The van der Waals surface area contributed by atoms with Gasteiger partial charge in [0.25, 0.3) is 0 Å². The van der Waals surface area contributed by atoms with Crippen molar-refractivity contribution in [3.05, 3.63) is 95.6 Å². The van der Waals surface area contributed by atoms with Crippen molar-refractivity contribution in [2.75, 3.05) is 0 Å². The first-order valence-corrected chi connectivity index (χ1v) is 8.65. The first kappa shape index (κ1) is 17.7. The quantitative estimate of drug-likeness (QED) is 0.474. The van der Waals surface area contributed by atoms with Crippen LogP contribution in [0.2, 0.25) is 0 Å². The van der Waals surface area contributed by atoms with Gasteiger partial charge in [-0.1, -0.05) is 31.2 Å². The number of nitrogens with zero attached hydrogens (tertiary/aromatic N) is 1. The summed E-state index contributed by atoms with van der Waals surface area (Å²) in [5.74, 6) is 1.12. The van der Waals surface area contributed by atoms with Gasteiger partial charge in [0.05, 0.1) is 11.8 Å². The molecule has 3 heteroatoms. The number of fused-ring (bicyclic) bond motifs is 3. The molecule has 25 heavy (non-hydrogen) atoms. The Hall–Kier alpha value is -2.09. The molecule has 0 bridgehead atoms. The summed E-state index contributed by atoms with van der Waals surface area (Å²) in [4.78, 5) is 0. The van der Waals surface area contributed by atoms with E-state index in [-0.39, 0.29) is 17.1 Å². The van der Waals surface area contributed by atoms with E-state index in [1.54, 1.807) is 0 Å². The molecular formula is C22H22FeN2. The normalized spacial score (nSPS) is 23.1. The van der Waals surface area contributed by atoms with Gasteiger partial charge in [0, 0.05) is 11.5 Å². The molecule has 3 aromatic carbocycles. The third-order valence-electron chi connectivity index (χ3n) is 5.06. The molecule has 2 aliphatic rings. The fourth-order valence-electron chi connectivity index (χ4n) is 3.87. The molecule has 1 heterocycles. The zero-order chi connectivity index (χ0) is 16.4. The van der Waals surface area contributed by atoms with Crippen LogP contribution in [0.25, 0.3) is 0 Å². The topological polar surface area (TPSA) is 24.4 Å². The zero-order valence-corrected chi connectivity index (χ0v) is 15.3. The van der Waals surface area contributed by atoms with Gasteiger partial charge in [-0.15, -0.1) is 5.56 Å². The van der Waals surface area contributed by atoms with Gasteiger partial charge in [0.15, 0.2) is 0 Å². The standard InChI is InChI=1S/C17H17N2.C5H5.Fe/c1-11-10-15-16(12-6-2-3-7-12)18-19-17(15)14-9-5-4-8-13(11)14;1-2-4-5-3-1;/h2-9,11,15-16,18H,10H2,1H3;1-5H;/q2*-1;+2. The second kappa shape index (κ2) is 7.86. The summed E-state index contributed by atoms with van der Waals surface area (Å²) in [6, 6.07) is 27.7. The summed E-state index contributed by atoms with van der Waals surface area (Å²) in [7, 11) is 0. The molecule has 1 aliphatic carbocycles. The molecule has 0 spiro atoms. The maximum atomic E-state index is 4.64. The van der Waals surface area contributed by atoms with E-state index < -0.39 is 0 Å². The monoisotopic (exact) mass is 370 g/mol. The summed E-state index contributed by atoms with van der Waals surface area (Å²) in [6.45, 7) is 2.33. The fourth-order valence-corrected chi connectivity index (χ4v) is 3.87. The molecule has 0 aromatic heterocycles. The van der Waals surface area contributed by atoms with Crippen LogP contribution < -0.4 is 5.43 Å². The average Bonchev–Trinajstić information content (AvgIpc) is 3.37. The van der Waals surface area contributed by atoms with Crippen LogP contribution in [-0.4, -0.2) is 5.71 Å². The molecule has 3 unspecified atom stereocenters. The first-order chi connectivity index (χ1) is 11.8. The molecule has 3 aromatic rings. The van der Waals surface area contributed by atoms with Crippen LogP contribution in [0.3, 0.4) is 0 Å². The van der Waals surface area contributed by atoms with Gasteiger partial charge in [0.2, 0.25) is 0 Å². The van der Waals surface area contributed by atoms with E-state index in [1.165, 1.54) is 28.8 Å². The van der Waals surface area contributed by atoms with E-state index in [2.05, 4.69) is 66.0 Å². The number of hydrazone groups is 1. The molecule has 2 nitrogen and oxygen atoms in total. The van der Waals surface area contributed by atoms with Crippen molar-refractivity contribution >= 4 is 5.71 Å². The van der Waals surface area contributed by atoms with Gasteiger partial charge in [-0.25, -0.2) is 24.3 Å². The predicted octanol–water partition coefficient (Wildman–Crippen LogP) is 4.98. The summed E-state index contributed by atoms with van der Waals surface area (Å²) >= 11 is 0. The summed E-state index contributed by atoms with van der Waals surface area (Å²) < 4.78 is 0. The van der Waals surface area contributed by atoms with Crippen LogP contribution in [-0.2, 0) is 17.1 Å². The SMILES string of the molecule is CC1CC2C(=NNC2c2ccc[cH-]2)c2ccccc21.[Fe+2].c1cc[cH-]c1. The Morgan fingerprint density at radius 3 is 2.48 bits per heavy atom. The van der Waals surface area contributed by atoms with E-state index >= 15 is 0 Å². The molecule has 0 amide bonds. The van der Waals surface area contributed by atoms with E-state index in [0.29, 0.717) is 17.9 Å². The molecule has 0 saturated carbocycles. The maximum absolute atomic E-state index is 4.64. The third kappa shape index (κ3) is 3.49. The smallest absolute Gasteiger partial charge is 0.304 e. The van der Waals surface area contributed by atoms with Crippen molar-refractivity contribution in [3.63, 3.8) is 0 Å². The Labute approximate surface area is 160 Å². The Kier molecular flexibility index (Phi) is 5.57. The minimum absolute atomic E-state index is 0. The Bertz CT molecular complexity index is 785. The summed E-state index contributed by atoms with van der Waals surface area (Å²) in [5.41, 5.74) is 8.74. The minimum Gasteiger partial charge on any atom is -0.304 e. The molecule has 1 aliphatic heterocycles. The number of benzene rings is 1. The van der Waals surface area contributed by atoms with Gasteiger partial charge in [-0.05, 0) is 17.9 Å². The maximum Gasteiger partial charge on any atom is 2.00 e. The third-order valence-corrected chi connectivity index (χ3v) is 5.06. The van der Waals surface area contributed by atoms with Gasteiger partial charge in [-0.2, -0.15) is 35.4 Å². The van der Waals surface area contributed by atoms with E-state index in [1.807, 2.05) is 30.3 Å². The molecule has 0 fully saturated rings. The van der Waals surface area contributed by atoms with Gasteiger partial charge >= 0.3 is 17.1 Å². The summed E-state index contributed by atoms with van der Waals surface area (Å²) in [5, 5.41) is 4.64. The number of nitrogens with one attached hydrogen (secondary N) is 1. The Morgan fingerprint density at radius 1 is 1.00 bits per heavy atom. The van der Waals surface area contributed by atoms with Crippen molar-refractivity contribution in [2.45, 2.75) is 25.3 Å². The average molecular weight is 370 g/mol. The van der Waals surface area contributed by atoms with Crippen LogP contribution in [0.15, 0.2) is 84.0 Å². The Morgan fingerprint density at radius 2 is 1.80 bits per heavy atom. The Balaban J connectivity index is 0.000000264. The molecule has 5 rings (SSSR count). The molecule has 0 radical (unpaired) electrons. The van der Waals surface area contributed by atoms with Crippen molar-refractivity contribution in [1.82, 2.24) is 5.43 Å². The second-order valence-corrected chi connectivity index (χ2v) is 6.61. The van der Waals surface area contributed by atoms with Gasteiger partial charge in [-0.3, -0.25) is 0 Å². The summed E-state index contributed by atoms with van der Waals surface area (Å²) in [6.07, 6.45) is 1.18. The minimum atomic E-state index is 0. The van der Waals surface area contributed by atoms with E-state index in [4.69, 9.17) is 0 Å². The first-order valence-electron chi connectivity index (χ1n) is 8.65. The number of rotatable bonds is 1. The van der Waals surface area contributed by atoms with E-state index in [9.17, 15) is 0 Å².